The Hall–Kier alpha value is -2.62. The van der Waals surface area contributed by atoms with Gasteiger partial charge in [0, 0.05) is 45.2 Å². The Morgan fingerprint density at radius 1 is 1.14 bits per heavy atom. The first-order chi connectivity index (χ1) is 13.9. The first-order valence-electron chi connectivity index (χ1n) is 9.91. The van der Waals surface area contributed by atoms with Gasteiger partial charge in [0.05, 0.1) is 11.1 Å². The molecule has 3 N–H and O–H groups in total. The summed E-state index contributed by atoms with van der Waals surface area (Å²) in [5, 5.41) is 9.07. The van der Waals surface area contributed by atoms with Crippen LogP contribution in [0, 0.1) is 0 Å². The molecule has 9 heteroatoms. The van der Waals surface area contributed by atoms with Gasteiger partial charge in [0.25, 0.3) is 11.8 Å². The van der Waals surface area contributed by atoms with E-state index in [1.165, 1.54) is 0 Å². The number of hydrogen-bond donors (Lipinski definition) is 3. The van der Waals surface area contributed by atoms with E-state index >= 15 is 0 Å². The number of benzene rings is 1. The molecule has 154 valence electrons. The van der Waals surface area contributed by atoms with Gasteiger partial charge in [0.15, 0.2) is 0 Å². The van der Waals surface area contributed by atoms with Crippen molar-refractivity contribution in [2.45, 2.75) is 31.5 Å². The second-order valence-electron chi connectivity index (χ2n) is 7.87. The zero-order chi connectivity index (χ0) is 20.5. The maximum absolute atomic E-state index is 12.8. The van der Waals surface area contributed by atoms with Crippen molar-refractivity contribution in [3.8, 4) is 0 Å². The molecule has 2 atom stereocenters. The summed E-state index contributed by atoms with van der Waals surface area (Å²) >= 11 is 0. The number of carbonyl (C=O) groups excluding carboxylic acids is 4. The van der Waals surface area contributed by atoms with Crippen molar-refractivity contribution in [3.63, 3.8) is 0 Å². The number of carbonyl (C=O) groups is 4. The molecule has 3 aliphatic heterocycles. The molecule has 0 aromatic heterocycles. The maximum atomic E-state index is 12.8. The summed E-state index contributed by atoms with van der Waals surface area (Å²) in [4.78, 5) is 52.3. The Morgan fingerprint density at radius 3 is 2.69 bits per heavy atom. The van der Waals surface area contributed by atoms with Crippen molar-refractivity contribution in [2.24, 2.45) is 0 Å². The van der Waals surface area contributed by atoms with Gasteiger partial charge in [-0.05, 0) is 31.2 Å². The smallest absolute Gasteiger partial charge is 0.262 e. The summed E-state index contributed by atoms with van der Waals surface area (Å²) in [5.41, 5.74) is 1.52. The summed E-state index contributed by atoms with van der Waals surface area (Å²) in [6, 6.07) is 4.62. The van der Waals surface area contributed by atoms with E-state index in [1.54, 1.807) is 12.1 Å². The predicted octanol–water partition coefficient (Wildman–Crippen LogP) is -0.919. The Morgan fingerprint density at radius 2 is 1.93 bits per heavy atom. The molecule has 0 saturated carbocycles. The van der Waals surface area contributed by atoms with Gasteiger partial charge in [-0.25, -0.2) is 0 Å². The summed E-state index contributed by atoms with van der Waals surface area (Å²) in [5.74, 6) is -1.93. The van der Waals surface area contributed by atoms with Crippen LogP contribution in [0.15, 0.2) is 18.2 Å². The lowest BCUT2D eigenvalue weighted by Crippen LogP contribution is -2.54. The van der Waals surface area contributed by atoms with Gasteiger partial charge in [-0.2, -0.15) is 0 Å². The summed E-state index contributed by atoms with van der Waals surface area (Å²) in [6.07, 6.45) is 0.275. The lowest BCUT2D eigenvalue weighted by Gasteiger charge is -2.31. The molecule has 29 heavy (non-hydrogen) atoms. The number of piperidine rings is 1. The van der Waals surface area contributed by atoms with E-state index in [-0.39, 0.29) is 18.7 Å². The van der Waals surface area contributed by atoms with Crippen LogP contribution < -0.4 is 16.0 Å². The molecule has 4 rings (SSSR count). The third kappa shape index (κ3) is 3.93. The topological polar surface area (TPSA) is 111 Å². The van der Waals surface area contributed by atoms with Crippen LogP contribution in [-0.4, -0.2) is 78.7 Å². The average molecular weight is 399 g/mol. The van der Waals surface area contributed by atoms with Gasteiger partial charge in [-0.3, -0.25) is 29.4 Å². The summed E-state index contributed by atoms with van der Waals surface area (Å²) in [6.45, 7) is 4.37. The summed E-state index contributed by atoms with van der Waals surface area (Å²) < 4.78 is 0. The molecule has 2 unspecified atom stereocenters. The number of piperazine rings is 1. The van der Waals surface area contributed by atoms with Crippen LogP contribution in [-0.2, 0) is 16.1 Å². The molecule has 4 amide bonds. The van der Waals surface area contributed by atoms with Crippen molar-refractivity contribution in [2.75, 3.05) is 33.2 Å². The SMILES string of the molecule is CN1CCNC(CNCc2ccc3c(c2)C(=O)N(C2CCC(=O)NC2=O)C3=O)C1. The van der Waals surface area contributed by atoms with E-state index < -0.39 is 23.8 Å². The maximum Gasteiger partial charge on any atom is 0.262 e. The van der Waals surface area contributed by atoms with E-state index in [0.29, 0.717) is 23.7 Å². The van der Waals surface area contributed by atoms with Crippen molar-refractivity contribution in [1.82, 2.24) is 25.8 Å². The monoisotopic (exact) mass is 399 g/mol. The fraction of sp³-hybridized carbons (Fsp3) is 0.500. The molecule has 1 aromatic rings. The van der Waals surface area contributed by atoms with E-state index in [0.717, 1.165) is 36.6 Å². The minimum absolute atomic E-state index is 0.114. The third-order valence-electron chi connectivity index (χ3n) is 5.68. The van der Waals surface area contributed by atoms with E-state index in [9.17, 15) is 19.2 Å². The number of nitrogens with one attached hydrogen (secondary N) is 3. The zero-order valence-electron chi connectivity index (χ0n) is 16.4. The van der Waals surface area contributed by atoms with Crippen LogP contribution >= 0.6 is 0 Å². The number of hydrogen-bond acceptors (Lipinski definition) is 7. The number of fused-ring (bicyclic) bond motifs is 1. The van der Waals surface area contributed by atoms with E-state index in [4.69, 9.17) is 0 Å². The Kier molecular flexibility index (Phi) is 5.44. The molecule has 9 nitrogen and oxygen atoms in total. The number of likely N-dealkylation sites (N-methyl/N-ethyl adjacent to an activating group) is 1. The van der Waals surface area contributed by atoms with Crippen LogP contribution in [0.4, 0.5) is 0 Å². The van der Waals surface area contributed by atoms with Gasteiger partial charge in [0.2, 0.25) is 11.8 Å². The van der Waals surface area contributed by atoms with Gasteiger partial charge in [0.1, 0.15) is 6.04 Å². The fourth-order valence-electron chi connectivity index (χ4n) is 4.15. The summed E-state index contributed by atoms with van der Waals surface area (Å²) in [7, 11) is 2.10. The molecule has 3 heterocycles. The number of nitrogens with zero attached hydrogens (tertiary/aromatic N) is 2. The highest BCUT2D eigenvalue weighted by atomic mass is 16.2. The minimum atomic E-state index is -0.934. The predicted molar refractivity (Wildman–Crippen MR) is 104 cm³/mol. The van der Waals surface area contributed by atoms with Crippen LogP contribution in [0.3, 0.4) is 0 Å². The fourth-order valence-corrected chi connectivity index (χ4v) is 4.15. The Labute approximate surface area is 168 Å². The highest BCUT2D eigenvalue weighted by Gasteiger charge is 2.44. The molecule has 2 fully saturated rings. The quantitative estimate of drug-likeness (QED) is 0.549. The van der Waals surface area contributed by atoms with Crippen molar-refractivity contribution in [3.05, 3.63) is 34.9 Å². The van der Waals surface area contributed by atoms with Crippen LogP contribution in [0.5, 0.6) is 0 Å². The Bertz CT molecular complexity index is 870. The van der Waals surface area contributed by atoms with Gasteiger partial charge < -0.3 is 15.5 Å². The van der Waals surface area contributed by atoms with Gasteiger partial charge >= 0.3 is 0 Å². The van der Waals surface area contributed by atoms with E-state index in [2.05, 4.69) is 27.9 Å². The van der Waals surface area contributed by atoms with Crippen molar-refractivity contribution < 1.29 is 19.2 Å². The molecule has 1 aromatic carbocycles. The number of imide groups is 2. The lowest BCUT2D eigenvalue weighted by molar-refractivity contribution is -0.136. The largest absolute Gasteiger partial charge is 0.311 e. The molecule has 0 radical (unpaired) electrons. The van der Waals surface area contributed by atoms with E-state index in [1.807, 2.05) is 6.07 Å². The first-order valence-corrected chi connectivity index (χ1v) is 9.91. The second kappa shape index (κ2) is 8.02. The molecule has 3 aliphatic rings. The van der Waals surface area contributed by atoms with Crippen molar-refractivity contribution >= 4 is 23.6 Å². The standard InChI is InChI=1S/C20H25N5O4/c1-24-7-6-22-13(11-24)10-21-9-12-2-3-14-15(8-12)20(29)25(19(14)28)16-4-5-17(26)23-18(16)27/h2-3,8,13,16,21-22H,4-7,9-11H2,1H3,(H,23,26,27). The highest BCUT2D eigenvalue weighted by Crippen LogP contribution is 2.28. The van der Waals surface area contributed by atoms with Gasteiger partial charge in [-0.1, -0.05) is 6.07 Å². The molecule has 0 aliphatic carbocycles. The molecule has 0 spiro atoms. The minimum Gasteiger partial charge on any atom is -0.311 e. The molecular weight excluding hydrogens is 374 g/mol. The van der Waals surface area contributed by atoms with Crippen LogP contribution in [0.1, 0.15) is 39.1 Å². The second-order valence-corrected chi connectivity index (χ2v) is 7.87. The van der Waals surface area contributed by atoms with Crippen LogP contribution in [0.2, 0.25) is 0 Å². The highest BCUT2D eigenvalue weighted by molar-refractivity contribution is 6.23. The molecule has 2 saturated heterocycles. The zero-order valence-corrected chi connectivity index (χ0v) is 16.4. The Balaban J connectivity index is 1.41. The number of rotatable bonds is 5. The van der Waals surface area contributed by atoms with Crippen molar-refractivity contribution in [1.29, 1.82) is 0 Å². The third-order valence-corrected chi connectivity index (χ3v) is 5.68. The van der Waals surface area contributed by atoms with Gasteiger partial charge in [-0.15, -0.1) is 0 Å². The molecule has 0 bridgehead atoms. The lowest BCUT2D eigenvalue weighted by atomic mass is 10.0. The van der Waals surface area contributed by atoms with Crippen LogP contribution in [0.25, 0.3) is 0 Å². The number of amides is 4. The average Bonchev–Trinajstić information content (AvgIpc) is 2.93. The molecular formula is C20H25N5O4. The first kappa shape index (κ1) is 19.7. The normalized spacial score (nSPS) is 25.3.